The Morgan fingerprint density at radius 1 is 1.06 bits per heavy atom. The van der Waals surface area contributed by atoms with Crippen molar-refractivity contribution in [1.82, 2.24) is 5.32 Å². The molecule has 3 aromatic rings. The van der Waals surface area contributed by atoms with E-state index in [1.54, 1.807) is 55.5 Å². The maximum atomic E-state index is 13.2. The Balaban J connectivity index is 1.58. The molecule has 0 radical (unpaired) electrons. The van der Waals surface area contributed by atoms with Crippen LogP contribution in [0.15, 0.2) is 70.7 Å². The Bertz CT molecular complexity index is 1320. The third kappa shape index (κ3) is 5.07. The average Bonchev–Trinajstić information content (AvgIpc) is 3.31. The summed E-state index contributed by atoms with van der Waals surface area (Å²) in [5.41, 5.74) is 2.77. The molecule has 0 spiro atoms. The molecule has 1 fully saturated rings. The highest BCUT2D eigenvalue weighted by atomic mass is 32.1. The van der Waals surface area contributed by atoms with Gasteiger partial charge < -0.3 is 9.15 Å². The monoisotopic (exact) mass is 488 g/mol. The third-order valence-electron chi connectivity index (χ3n) is 5.51. The minimum absolute atomic E-state index is 0.0243. The van der Waals surface area contributed by atoms with E-state index in [2.05, 4.69) is 19.2 Å². The molecular weight excluding hydrogens is 464 g/mol. The first-order valence-corrected chi connectivity index (χ1v) is 11.6. The van der Waals surface area contributed by atoms with E-state index in [9.17, 15) is 14.4 Å². The molecule has 1 N–H and O–H groups in total. The van der Waals surface area contributed by atoms with Crippen molar-refractivity contribution in [3.8, 4) is 11.3 Å². The molecule has 178 valence electrons. The van der Waals surface area contributed by atoms with Crippen LogP contribution in [-0.2, 0) is 14.3 Å². The number of anilines is 1. The second-order valence-corrected chi connectivity index (χ2v) is 8.59. The van der Waals surface area contributed by atoms with Gasteiger partial charge in [0, 0.05) is 5.56 Å². The second-order valence-electron chi connectivity index (χ2n) is 8.20. The van der Waals surface area contributed by atoms with E-state index in [1.165, 1.54) is 11.0 Å². The Morgan fingerprint density at radius 2 is 1.74 bits per heavy atom. The highest BCUT2D eigenvalue weighted by Crippen LogP contribution is 2.27. The predicted molar refractivity (Wildman–Crippen MR) is 137 cm³/mol. The SMILES string of the molecule is CCOC(=O)c1ccc(-c2ccc(/C=C3\C(=O)NC(=S)N(c4ccc(C(C)C)cc4)C3=O)o2)cc1. The molecule has 0 bridgehead atoms. The summed E-state index contributed by atoms with van der Waals surface area (Å²) in [5.74, 6) is -0.326. The first kappa shape index (κ1) is 24.1. The number of hydrogen-bond acceptors (Lipinski definition) is 6. The molecule has 0 aliphatic carbocycles. The van der Waals surface area contributed by atoms with Crippen LogP contribution in [0.1, 0.15) is 48.4 Å². The lowest BCUT2D eigenvalue weighted by molar-refractivity contribution is -0.122. The van der Waals surface area contributed by atoms with Crippen molar-refractivity contribution in [2.75, 3.05) is 11.5 Å². The van der Waals surface area contributed by atoms with E-state index >= 15 is 0 Å². The number of carbonyl (C=O) groups is 3. The van der Waals surface area contributed by atoms with Gasteiger partial charge in [-0.1, -0.05) is 38.1 Å². The smallest absolute Gasteiger partial charge is 0.338 e. The molecular formula is C27H24N2O5S. The fraction of sp³-hybridized carbons (Fsp3) is 0.185. The van der Waals surface area contributed by atoms with Crippen molar-refractivity contribution >= 4 is 46.9 Å². The van der Waals surface area contributed by atoms with Gasteiger partial charge in [-0.15, -0.1) is 0 Å². The van der Waals surface area contributed by atoms with Gasteiger partial charge >= 0.3 is 5.97 Å². The van der Waals surface area contributed by atoms with Crippen LogP contribution in [0.5, 0.6) is 0 Å². The van der Waals surface area contributed by atoms with Crippen LogP contribution in [0, 0.1) is 0 Å². The molecule has 0 atom stereocenters. The number of esters is 1. The topological polar surface area (TPSA) is 88.9 Å². The Labute approximate surface area is 208 Å². The maximum absolute atomic E-state index is 13.2. The quantitative estimate of drug-likeness (QED) is 0.225. The van der Waals surface area contributed by atoms with E-state index in [0.717, 1.165) is 11.1 Å². The number of benzene rings is 2. The van der Waals surface area contributed by atoms with Gasteiger partial charge in [0.2, 0.25) is 0 Å². The lowest BCUT2D eigenvalue weighted by Gasteiger charge is -2.29. The normalized spacial score (nSPS) is 15.0. The zero-order valence-corrected chi connectivity index (χ0v) is 20.3. The molecule has 2 heterocycles. The summed E-state index contributed by atoms with van der Waals surface area (Å²) in [6, 6.07) is 17.6. The summed E-state index contributed by atoms with van der Waals surface area (Å²) in [7, 11) is 0. The summed E-state index contributed by atoms with van der Waals surface area (Å²) in [4.78, 5) is 38.9. The Morgan fingerprint density at radius 3 is 2.37 bits per heavy atom. The number of nitrogens with zero attached hydrogens (tertiary/aromatic N) is 1. The number of rotatable bonds is 6. The van der Waals surface area contributed by atoms with Gasteiger partial charge in [0.05, 0.1) is 17.9 Å². The minimum Gasteiger partial charge on any atom is -0.462 e. The highest BCUT2D eigenvalue weighted by Gasteiger charge is 2.34. The average molecular weight is 489 g/mol. The van der Waals surface area contributed by atoms with Gasteiger partial charge in [-0.05, 0) is 73.1 Å². The maximum Gasteiger partial charge on any atom is 0.338 e. The number of thiocarbonyl (C=S) groups is 1. The van der Waals surface area contributed by atoms with Crippen LogP contribution >= 0.6 is 12.2 Å². The number of hydrogen-bond donors (Lipinski definition) is 1. The molecule has 1 aromatic heterocycles. The third-order valence-corrected chi connectivity index (χ3v) is 5.80. The summed E-state index contributed by atoms with van der Waals surface area (Å²) >= 11 is 5.27. The molecule has 0 saturated carbocycles. The van der Waals surface area contributed by atoms with E-state index in [-0.39, 0.29) is 10.7 Å². The van der Waals surface area contributed by atoms with Crippen LogP contribution in [0.4, 0.5) is 5.69 Å². The lowest BCUT2D eigenvalue weighted by Crippen LogP contribution is -2.54. The number of nitrogens with one attached hydrogen (secondary N) is 1. The van der Waals surface area contributed by atoms with E-state index < -0.39 is 17.8 Å². The van der Waals surface area contributed by atoms with Gasteiger partial charge in [-0.2, -0.15) is 0 Å². The van der Waals surface area contributed by atoms with Crippen molar-refractivity contribution in [2.24, 2.45) is 0 Å². The van der Waals surface area contributed by atoms with Gasteiger partial charge in [-0.25, -0.2) is 4.79 Å². The van der Waals surface area contributed by atoms with Crippen molar-refractivity contribution < 1.29 is 23.5 Å². The summed E-state index contributed by atoms with van der Waals surface area (Å²) < 4.78 is 10.8. The van der Waals surface area contributed by atoms with Gasteiger partial charge in [0.15, 0.2) is 5.11 Å². The molecule has 1 saturated heterocycles. The number of ether oxygens (including phenoxy) is 1. The van der Waals surface area contributed by atoms with Crippen LogP contribution in [0.3, 0.4) is 0 Å². The summed E-state index contributed by atoms with van der Waals surface area (Å²) in [6.07, 6.45) is 1.39. The second kappa shape index (κ2) is 10.1. The molecule has 2 aromatic carbocycles. The zero-order chi connectivity index (χ0) is 25.1. The van der Waals surface area contributed by atoms with Crippen molar-refractivity contribution in [2.45, 2.75) is 26.7 Å². The van der Waals surface area contributed by atoms with Crippen molar-refractivity contribution in [3.63, 3.8) is 0 Å². The fourth-order valence-electron chi connectivity index (χ4n) is 3.61. The Hall–Kier alpha value is -4.04. The minimum atomic E-state index is -0.591. The van der Waals surface area contributed by atoms with Crippen LogP contribution in [0.25, 0.3) is 17.4 Å². The van der Waals surface area contributed by atoms with Crippen molar-refractivity contribution in [1.29, 1.82) is 0 Å². The van der Waals surface area contributed by atoms with E-state index in [1.807, 2.05) is 12.1 Å². The molecule has 7 nitrogen and oxygen atoms in total. The van der Waals surface area contributed by atoms with Gasteiger partial charge in [-0.3, -0.25) is 19.8 Å². The highest BCUT2D eigenvalue weighted by molar-refractivity contribution is 7.80. The predicted octanol–water partition coefficient (Wildman–Crippen LogP) is 5.08. The Kier molecular flexibility index (Phi) is 6.93. The largest absolute Gasteiger partial charge is 0.462 e. The van der Waals surface area contributed by atoms with Crippen LogP contribution in [-0.4, -0.2) is 29.5 Å². The first-order valence-electron chi connectivity index (χ1n) is 11.2. The van der Waals surface area contributed by atoms with Crippen LogP contribution in [0.2, 0.25) is 0 Å². The van der Waals surface area contributed by atoms with Gasteiger partial charge in [0.1, 0.15) is 17.1 Å². The molecule has 1 aliphatic rings. The fourth-order valence-corrected chi connectivity index (χ4v) is 3.89. The van der Waals surface area contributed by atoms with E-state index in [0.29, 0.717) is 35.3 Å². The van der Waals surface area contributed by atoms with E-state index in [4.69, 9.17) is 21.4 Å². The molecule has 4 rings (SSSR count). The number of carbonyl (C=O) groups excluding carboxylic acids is 3. The molecule has 8 heteroatoms. The summed E-state index contributed by atoms with van der Waals surface area (Å²) in [5, 5.41) is 2.60. The summed E-state index contributed by atoms with van der Waals surface area (Å²) in [6.45, 7) is 6.21. The van der Waals surface area contributed by atoms with Gasteiger partial charge in [0.25, 0.3) is 11.8 Å². The number of amides is 2. The zero-order valence-electron chi connectivity index (χ0n) is 19.5. The standard InChI is InChI=1S/C27H24N2O5S/c1-4-33-26(32)19-7-5-18(6-8-19)23-14-13-21(34-23)15-22-24(30)28-27(35)29(25(22)31)20-11-9-17(10-12-20)16(2)3/h5-16H,4H2,1-3H3,(H,28,30,35)/b22-15+. The molecule has 1 aliphatic heterocycles. The van der Waals surface area contributed by atoms with Crippen LogP contribution < -0.4 is 10.2 Å². The molecule has 0 unspecified atom stereocenters. The molecule has 35 heavy (non-hydrogen) atoms. The molecule has 2 amide bonds. The lowest BCUT2D eigenvalue weighted by atomic mass is 10.0. The number of furan rings is 1. The van der Waals surface area contributed by atoms with Crippen molar-refractivity contribution in [3.05, 3.63) is 83.1 Å². The first-order chi connectivity index (χ1) is 16.8.